The Kier molecular flexibility index (Phi) is 7.01. The molecule has 3 aromatic rings. The molecule has 0 atom stereocenters. The molecule has 2 nitrogen and oxygen atoms in total. The molecule has 134 valence electrons. The van der Waals surface area contributed by atoms with Crippen LogP contribution in [-0.2, 0) is 6.54 Å². The number of hydrogen-bond donors (Lipinski definition) is 1. The molecule has 0 saturated heterocycles. The molecule has 3 aromatic carbocycles. The maximum absolute atomic E-state index is 5.91. The van der Waals surface area contributed by atoms with E-state index in [0.29, 0.717) is 12.5 Å². The summed E-state index contributed by atoms with van der Waals surface area (Å²) < 4.78 is 1.11. The molecular weight excluding hydrogens is 384 g/mol. The van der Waals surface area contributed by atoms with E-state index in [1.165, 1.54) is 16.7 Å². The molecule has 0 amide bonds. The second kappa shape index (κ2) is 9.67. The summed E-state index contributed by atoms with van der Waals surface area (Å²) in [5.74, 6) is 0.333. The standard InChI is InChI=1S/C23H25BrN2/c24-22-13-11-19(12-14-22)17-26(16-15-25)18-23(20-7-3-1-4-8-20)21-9-5-2-6-10-21/h1-14,23H,15-18,25H2. The molecule has 0 aliphatic rings. The van der Waals surface area contributed by atoms with Gasteiger partial charge in [0, 0.05) is 36.6 Å². The van der Waals surface area contributed by atoms with Crippen LogP contribution in [-0.4, -0.2) is 24.5 Å². The summed E-state index contributed by atoms with van der Waals surface area (Å²) in [7, 11) is 0. The molecule has 3 rings (SSSR count). The van der Waals surface area contributed by atoms with E-state index in [0.717, 1.165) is 24.1 Å². The number of nitrogens with zero attached hydrogens (tertiary/aromatic N) is 1. The third kappa shape index (κ3) is 5.28. The van der Waals surface area contributed by atoms with E-state index < -0.39 is 0 Å². The van der Waals surface area contributed by atoms with Gasteiger partial charge in [-0.25, -0.2) is 0 Å². The van der Waals surface area contributed by atoms with Gasteiger partial charge in [0.25, 0.3) is 0 Å². The van der Waals surface area contributed by atoms with Crippen LogP contribution in [0.2, 0.25) is 0 Å². The molecule has 2 N–H and O–H groups in total. The molecule has 26 heavy (non-hydrogen) atoms. The largest absolute Gasteiger partial charge is 0.329 e. The van der Waals surface area contributed by atoms with Crippen LogP contribution in [0.4, 0.5) is 0 Å². The van der Waals surface area contributed by atoms with Crippen LogP contribution in [0.1, 0.15) is 22.6 Å². The molecule has 0 heterocycles. The van der Waals surface area contributed by atoms with Crippen molar-refractivity contribution in [1.29, 1.82) is 0 Å². The summed E-state index contributed by atoms with van der Waals surface area (Å²) in [6.07, 6.45) is 0. The summed E-state index contributed by atoms with van der Waals surface area (Å²) in [5, 5.41) is 0. The minimum atomic E-state index is 0.333. The number of rotatable bonds is 8. The normalized spacial score (nSPS) is 11.2. The summed E-state index contributed by atoms with van der Waals surface area (Å²) in [4.78, 5) is 2.45. The predicted molar refractivity (Wildman–Crippen MR) is 113 cm³/mol. The van der Waals surface area contributed by atoms with Gasteiger partial charge in [0.2, 0.25) is 0 Å². The third-order valence-electron chi connectivity index (χ3n) is 4.61. The highest BCUT2D eigenvalue weighted by Gasteiger charge is 2.18. The van der Waals surface area contributed by atoms with Gasteiger partial charge < -0.3 is 5.73 Å². The maximum Gasteiger partial charge on any atom is 0.0234 e. The van der Waals surface area contributed by atoms with E-state index in [-0.39, 0.29) is 0 Å². The highest BCUT2D eigenvalue weighted by atomic mass is 79.9. The monoisotopic (exact) mass is 408 g/mol. The van der Waals surface area contributed by atoms with Gasteiger partial charge >= 0.3 is 0 Å². The van der Waals surface area contributed by atoms with Crippen molar-refractivity contribution in [3.05, 3.63) is 106 Å². The van der Waals surface area contributed by atoms with E-state index >= 15 is 0 Å². The minimum Gasteiger partial charge on any atom is -0.329 e. The Morgan fingerprint density at radius 1 is 0.769 bits per heavy atom. The van der Waals surface area contributed by atoms with Crippen LogP contribution in [0.15, 0.2) is 89.4 Å². The van der Waals surface area contributed by atoms with Crippen molar-refractivity contribution in [3.8, 4) is 0 Å². The second-order valence-corrected chi connectivity index (χ2v) is 7.44. The zero-order valence-corrected chi connectivity index (χ0v) is 16.5. The first-order chi connectivity index (χ1) is 12.8. The molecule has 0 bridgehead atoms. The zero-order chi connectivity index (χ0) is 18.2. The second-order valence-electron chi connectivity index (χ2n) is 6.52. The molecule has 0 unspecified atom stereocenters. The predicted octanol–water partition coefficient (Wildman–Crippen LogP) is 5.04. The van der Waals surface area contributed by atoms with Crippen LogP contribution in [0, 0.1) is 0 Å². The van der Waals surface area contributed by atoms with Crippen molar-refractivity contribution >= 4 is 15.9 Å². The van der Waals surface area contributed by atoms with Gasteiger partial charge in [-0.05, 0) is 28.8 Å². The van der Waals surface area contributed by atoms with Gasteiger partial charge in [0.1, 0.15) is 0 Å². The van der Waals surface area contributed by atoms with Gasteiger partial charge in [0.05, 0.1) is 0 Å². The van der Waals surface area contributed by atoms with Crippen LogP contribution in [0.3, 0.4) is 0 Å². The summed E-state index contributed by atoms with van der Waals surface area (Å²) in [6.45, 7) is 3.39. The van der Waals surface area contributed by atoms with Gasteiger partial charge in [-0.2, -0.15) is 0 Å². The van der Waals surface area contributed by atoms with Crippen LogP contribution >= 0.6 is 15.9 Å². The lowest BCUT2D eigenvalue weighted by Gasteiger charge is -2.28. The average molecular weight is 409 g/mol. The Morgan fingerprint density at radius 2 is 1.31 bits per heavy atom. The van der Waals surface area contributed by atoms with Gasteiger partial charge in [-0.3, -0.25) is 4.90 Å². The molecule has 0 saturated carbocycles. The molecule has 0 aromatic heterocycles. The summed E-state index contributed by atoms with van der Waals surface area (Å²) >= 11 is 3.51. The first-order valence-corrected chi connectivity index (χ1v) is 9.82. The fraction of sp³-hybridized carbons (Fsp3) is 0.217. The van der Waals surface area contributed by atoms with Crippen LogP contribution < -0.4 is 5.73 Å². The fourth-order valence-electron chi connectivity index (χ4n) is 3.30. The molecular formula is C23H25BrN2. The average Bonchev–Trinajstić information content (AvgIpc) is 2.69. The van der Waals surface area contributed by atoms with Crippen LogP contribution in [0.25, 0.3) is 0 Å². The number of nitrogens with two attached hydrogens (primary N) is 1. The van der Waals surface area contributed by atoms with Gasteiger partial charge in [0.15, 0.2) is 0 Å². The third-order valence-corrected chi connectivity index (χ3v) is 5.14. The SMILES string of the molecule is NCCN(Cc1ccc(Br)cc1)CC(c1ccccc1)c1ccccc1. The number of hydrogen-bond acceptors (Lipinski definition) is 2. The fourth-order valence-corrected chi connectivity index (χ4v) is 3.56. The van der Waals surface area contributed by atoms with Crippen molar-refractivity contribution < 1.29 is 0 Å². The Balaban J connectivity index is 1.83. The number of benzene rings is 3. The topological polar surface area (TPSA) is 29.3 Å². The molecule has 0 radical (unpaired) electrons. The van der Waals surface area contributed by atoms with Gasteiger partial charge in [-0.15, -0.1) is 0 Å². The van der Waals surface area contributed by atoms with Crippen molar-refractivity contribution in [1.82, 2.24) is 4.90 Å². The summed E-state index contributed by atoms with van der Waals surface area (Å²) in [5.41, 5.74) is 9.91. The van der Waals surface area contributed by atoms with E-state index in [1.807, 2.05) is 0 Å². The molecule has 0 aliphatic carbocycles. The van der Waals surface area contributed by atoms with Crippen molar-refractivity contribution in [3.63, 3.8) is 0 Å². The Morgan fingerprint density at radius 3 is 1.81 bits per heavy atom. The first-order valence-electron chi connectivity index (χ1n) is 9.03. The molecule has 0 aliphatic heterocycles. The maximum atomic E-state index is 5.91. The van der Waals surface area contributed by atoms with E-state index in [2.05, 4.69) is 106 Å². The Bertz CT molecular complexity index is 733. The number of halogens is 1. The lowest BCUT2D eigenvalue weighted by atomic mass is 9.90. The van der Waals surface area contributed by atoms with Crippen LogP contribution in [0.5, 0.6) is 0 Å². The summed E-state index contributed by atoms with van der Waals surface area (Å²) in [6, 6.07) is 30.0. The smallest absolute Gasteiger partial charge is 0.0234 e. The zero-order valence-electron chi connectivity index (χ0n) is 14.9. The van der Waals surface area contributed by atoms with Crippen molar-refractivity contribution in [2.45, 2.75) is 12.5 Å². The Hall–Kier alpha value is -1.94. The Labute approximate surface area is 164 Å². The van der Waals surface area contributed by atoms with E-state index in [4.69, 9.17) is 5.73 Å². The van der Waals surface area contributed by atoms with Crippen molar-refractivity contribution in [2.24, 2.45) is 5.73 Å². The van der Waals surface area contributed by atoms with Gasteiger partial charge in [-0.1, -0.05) is 88.7 Å². The van der Waals surface area contributed by atoms with E-state index in [1.54, 1.807) is 0 Å². The van der Waals surface area contributed by atoms with Crippen molar-refractivity contribution in [2.75, 3.05) is 19.6 Å². The molecule has 0 spiro atoms. The lowest BCUT2D eigenvalue weighted by molar-refractivity contribution is 0.264. The highest BCUT2D eigenvalue weighted by molar-refractivity contribution is 9.10. The minimum absolute atomic E-state index is 0.333. The lowest BCUT2D eigenvalue weighted by Crippen LogP contribution is -2.33. The quantitative estimate of drug-likeness (QED) is 0.565. The molecule has 3 heteroatoms. The molecule has 0 fully saturated rings. The van der Waals surface area contributed by atoms with E-state index in [9.17, 15) is 0 Å². The first kappa shape index (κ1) is 18.8. The highest BCUT2D eigenvalue weighted by Crippen LogP contribution is 2.26.